The molecule has 2 aliphatic carbocycles. The maximum absolute atomic E-state index is 10.8. The fraction of sp³-hybridized carbons (Fsp3) is 0.941. The molecule has 3 unspecified atom stereocenters. The molecule has 19 heavy (non-hydrogen) atoms. The van der Waals surface area contributed by atoms with Gasteiger partial charge in [0.25, 0.3) is 0 Å². The zero-order valence-electron chi connectivity index (χ0n) is 12.6. The van der Waals surface area contributed by atoms with E-state index in [9.17, 15) is 10.4 Å². The van der Waals surface area contributed by atoms with Crippen molar-refractivity contribution < 1.29 is 5.11 Å². The van der Waals surface area contributed by atoms with Crippen LogP contribution in [0.15, 0.2) is 0 Å². The fourth-order valence-corrected chi connectivity index (χ4v) is 4.29. The molecule has 3 atom stereocenters. The predicted octanol–water partition coefficient (Wildman–Crippen LogP) is 4.28. The topological polar surface area (TPSA) is 44.0 Å². The number of hydrogen-bond donors (Lipinski definition) is 1. The SMILES string of the molecule is CCC1CCC(C#N)(C(O)C2CCCC(C)C2)CC1. The molecule has 2 nitrogen and oxygen atoms in total. The molecule has 0 aliphatic heterocycles. The largest absolute Gasteiger partial charge is 0.391 e. The van der Waals surface area contributed by atoms with Gasteiger partial charge in [-0.3, -0.25) is 0 Å². The molecule has 0 aromatic heterocycles. The van der Waals surface area contributed by atoms with Crippen molar-refractivity contribution >= 4 is 0 Å². The van der Waals surface area contributed by atoms with Crippen LogP contribution in [-0.4, -0.2) is 11.2 Å². The first-order chi connectivity index (χ1) is 9.11. The van der Waals surface area contributed by atoms with Crippen LogP contribution in [0, 0.1) is 34.5 Å². The molecular formula is C17H29NO. The Balaban J connectivity index is 2.03. The van der Waals surface area contributed by atoms with Crippen LogP contribution in [0.1, 0.15) is 71.6 Å². The van der Waals surface area contributed by atoms with E-state index in [1.165, 1.54) is 19.3 Å². The van der Waals surface area contributed by atoms with E-state index in [4.69, 9.17) is 0 Å². The minimum Gasteiger partial charge on any atom is -0.391 e. The van der Waals surface area contributed by atoms with Crippen molar-refractivity contribution in [2.45, 2.75) is 77.7 Å². The second kappa shape index (κ2) is 6.27. The molecular weight excluding hydrogens is 234 g/mol. The third-order valence-corrected chi connectivity index (χ3v) is 5.79. The van der Waals surface area contributed by atoms with Gasteiger partial charge in [-0.15, -0.1) is 0 Å². The Hall–Kier alpha value is -0.550. The van der Waals surface area contributed by atoms with Gasteiger partial charge in [-0.05, 0) is 56.3 Å². The number of hydrogen-bond acceptors (Lipinski definition) is 2. The summed E-state index contributed by atoms with van der Waals surface area (Å²) in [6.45, 7) is 4.52. The van der Waals surface area contributed by atoms with Gasteiger partial charge in [0.2, 0.25) is 0 Å². The second-order valence-corrected chi connectivity index (χ2v) is 7.10. The summed E-state index contributed by atoms with van der Waals surface area (Å²) in [6, 6.07) is 2.52. The maximum atomic E-state index is 10.8. The van der Waals surface area contributed by atoms with Crippen LogP contribution >= 0.6 is 0 Å². The van der Waals surface area contributed by atoms with E-state index in [1.807, 2.05) is 0 Å². The Morgan fingerprint density at radius 3 is 2.47 bits per heavy atom. The summed E-state index contributed by atoms with van der Waals surface area (Å²) in [5.74, 6) is 1.86. The fourth-order valence-electron chi connectivity index (χ4n) is 4.29. The quantitative estimate of drug-likeness (QED) is 0.825. The van der Waals surface area contributed by atoms with Gasteiger partial charge in [-0.2, -0.15) is 5.26 Å². The molecule has 2 saturated carbocycles. The Morgan fingerprint density at radius 1 is 1.26 bits per heavy atom. The van der Waals surface area contributed by atoms with Gasteiger partial charge in [-0.1, -0.05) is 33.1 Å². The van der Waals surface area contributed by atoms with E-state index in [2.05, 4.69) is 19.9 Å². The van der Waals surface area contributed by atoms with E-state index in [-0.39, 0.29) is 0 Å². The molecule has 2 heteroatoms. The average Bonchev–Trinajstić information content (AvgIpc) is 2.46. The van der Waals surface area contributed by atoms with Crippen molar-refractivity contribution in [1.29, 1.82) is 5.26 Å². The third kappa shape index (κ3) is 3.14. The number of nitrogens with zero attached hydrogens (tertiary/aromatic N) is 1. The van der Waals surface area contributed by atoms with E-state index in [1.54, 1.807) is 0 Å². The summed E-state index contributed by atoms with van der Waals surface area (Å²) in [5.41, 5.74) is -0.437. The lowest BCUT2D eigenvalue weighted by Crippen LogP contribution is -2.43. The van der Waals surface area contributed by atoms with Gasteiger partial charge < -0.3 is 5.11 Å². The Kier molecular flexibility index (Phi) is 4.90. The normalized spacial score (nSPS) is 41.5. The molecule has 0 heterocycles. The predicted molar refractivity (Wildman–Crippen MR) is 77.4 cm³/mol. The van der Waals surface area contributed by atoms with Crippen LogP contribution in [0.4, 0.5) is 0 Å². The van der Waals surface area contributed by atoms with Crippen LogP contribution in [0.25, 0.3) is 0 Å². The second-order valence-electron chi connectivity index (χ2n) is 7.10. The smallest absolute Gasteiger partial charge is 0.0835 e. The number of aliphatic hydroxyl groups excluding tert-OH is 1. The first-order valence-electron chi connectivity index (χ1n) is 8.20. The van der Waals surface area contributed by atoms with Crippen molar-refractivity contribution in [3.05, 3.63) is 0 Å². The van der Waals surface area contributed by atoms with Gasteiger partial charge in [-0.25, -0.2) is 0 Å². The molecule has 0 aromatic carbocycles. The molecule has 2 fully saturated rings. The molecule has 2 rings (SSSR count). The van der Waals surface area contributed by atoms with Crippen LogP contribution in [-0.2, 0) is 0 Å². The number of rotatable bonds is 3. The Morgan fingerprint density at radius 2 is 1.95 bits per heavy atom. The monoisotopic (exact) mass is 263 g/mol. The van der Waals surface area contributed by atoms with Gasteiger partial charge >= 0.3 is 0 Å². The van der Waals surface area contributed by atoms with Crippen LogP contribution in [0.3, 0.4) is 0 Å². The van der Waals surface area contributed by atoms with Gasteiger partial charge in [0.1, 0.15) is 0 Å². The summed E-state index contributed by atoms with van der Waals surface area (Å²) >= 11 is 0. The summed E-state index contributed by atoms with van der Waals surface area (Å²) in [5, 5.41) is 20.5. The Bertz CT molecular complexity index is 325. The molecule has 0 amide bonds. The standard InChI is InChI=1S/C17H29NO/c1-3-14-7-9-17(12-18,10-8-14)16(19)15-6-4-5-13(2)11-15/h13-16,19H,3-11H2,1-2H3. The minimum atomic E-state index is -0.437. The highest BCUT2D eigenvalue weighted by molar-refractivity contribution is 5.07. The average molecular weight is 263 g/mol. The molecule has 1 N–H and O–H groups in total. The number of nitriles is 1. The summed E-state index contributed by atoms with van der Waals surface area (Å²) in [6.07, 6.45) is 9.65. The first kappa shape index (κ1) is 14.9. The van der Waals surface area contributed by atoms with Gasteiger partial charge in [0.15, 0.2) is 0 Å². The zero-order valence-corrected chi connectivity index (χ0v) is 12.6. The van der Waals surface area contributed by atoms with Gasteiger partial charge in [0, 0.05) is 0 Å². The van der Waals surface area contributed by atoms with Crippen LogP contribution < -0.4 is 0 Å². The highest BCUT2D eigenvalue weighted by atomic mass is 16.3. The summed E-state index contributed by atoms with van der Waals surface area (Å²) in [7, 11) is 0. The molecule has 0 radical (unpaired) electrons. The molecule has 0 saturated heterocycles. The molecule has 108 valence electrons. The Labute approximate surface area is 118 Å². The van der Waals surface area contributed by atoms with Crippen molar-refractivity contribution in [3.63, 3.8) is 0 Å². The minimum absolute atomic E-state index is 0.363. The van der Waals surface area contributed by atoms with Crippen LogP contribution in [0.5, 0.6) is 0 Å². The van der Waals surface area contributed by atoms with Crippen molar-refractivity contribution in [1.82, 2.24) is 0 Å². The summed E-state index contributed by atoms with van der Waals surface area (Å²) in [4.78, 5) is 0. The highest BCUT2D eigenvalue weighted by Crippen LogP contribution is 2.46. The van der Waals surface area contributed by atoms with E-state index in [0.29, 0.717) is 5.92 Å². The maximum Gasteiger partial charge on any atom is 0.0835 e. The lowest BCUT2D eigenvalue weighted by Gasteiger charge is -2.43. The summed E-state index contributed by atoms with van der Waals surface area (Å²) < 4.78 is 0. The zero-order chi connectivity index (χ0) is 13.9. The van der Waals surface area contributed by atoms with Crippen molar-refractivity contribution in [2.24, 2.45) is 23.2 Å². The van der Waals surface area contributed by atoms with Crippen molar-refractivity contribution in [3.8, 4) is 6.07 Å². The van der Waals surface area contributed by atoms with E-state index in [0.717, 1.165) is 50.4 Å². The van der Waals surface area contributed by atoms with Gasteiger partial charge in [0.05, 0.1) is 17.6 Å². The highest BCUT2D eigenvalue weighted by Gasteiger charge is 2.45. The molecule has 0 spiro atoms. The lowest BCUT2D eigenvalue weighted by molar-refractivity contribution is -0.0320. The number of aliphatic hydroxyl groups is 1. The van der Waals surface area contributed by atoms with E-state index >= 15 is 0 Å². The van der Waals surface area contributed by atoms with Crippen molar-refractivity contribution in [2.75, 3.05) is 0 Å². The molecule has 2 aliphatic rings. The first-order valence-corrected chi connectivity index (χ1v) is 8.20. The van der Waals surface area contributed by atoms with Crippen LogP contribution in [0.2, 0.25) is 0 Å². The van der Waals surface area contributed by atoms with E-state index < -0.39 is 11.5 Å². The molecule has 0 bridgehead atoms. The lowest BCUT2D eigenvalue weighted by atomic mass is 9.62. The molecule has 0 aromatic rings. The third-order valence-electron chi connectivity index (χ3n) is 5.79.